The molecule has 1 aromatic rings. The highest BCUT2D eigenvalue weighted by Crippen LogP contribution is 2.22. The van der Waals surface area contributed by atoms with Crippen molar-refractivity contribution in [3.8, 4) is 0 Å². The standard InChI is InChI=1S/C14H22N2O2/c1-10(2)13(15-9-5-7-12(17)18)14-11(3)6-4-8-16-14/h4,6,8,10,13,15H,5,7,9H2,1-3H3,(H,17,18). The molecule has 4 nitrogen and oxygen atoms in total. The van der Waals surface area contributed by atoms with E-state index in [2.05, 4.69) is 37.1 Å². The molecule has 1 aromatic heterocycles. The number of aryl methyl sites for hydroxylation is 1. The second kappa shape index (κ2) is 7.11. The summed E-state index contributed by atoms with van der Waals surface area (Å²) in [6, 6.07) is 4.16. The number of nitrogens with zero attached hydrogens (tertiary/aromatic N) is 1. The van der Waals surface area contributed by atoms with E-state index in [0.29, 0.717) is 18.9 Å². The fraction of sp³-hybridized carbons (Fsp3) is 0.571. The summed E-state index contributed by atoms with van der Waals surface area (Å²) in [5, 5.41) is 12.0. The second-order valence-corrected chi connectivity index (χ2v) is 4.88. The maximum Gasteiger partial charge on any atom is 0.303 e. The Hall–Kier alpha value is -1.42. The zero-order chi connectivity index (χ0) is 13.5. The average Bonchev–Trinajstić information content (AvgIpc) is 2.30. The van der Waals surface area contributed by atoms with Crippen LogP contribution >= 0.6 is 0 Å². The number of carbonyl (C=O) groups is 1. The van der Waals surface area contributed by atoms with Crippen LogP contribution in [-0.4, -0.2) is 22.6 Å². The Kier molecular flexibility index (Phi) is 5.78. The van der Waals surface area contributed by atoms with Gasteiger partial charge in [0, 0.05) is 12.6 Å². The van der Waals surface area contributed by atoms with Gasteiger partial charge in [-0.25, -0.2) is 0 Å². The van der Waals surface area contributed by atoms with Crippen molar-refractivity contribution in [3.63, 3.8) is 0 Å². The van der Waals surface area contributed by atoms with Crippen LogP contribution in [0.25, 0.3) is 0 Å². The molecule has 2 N–H and O–H groups in total. The van der Waals surface area contributed by atoms with E-state index in [1.54, 1.807) is 6.20 Å². The van der Waals surface area contributed by atoms with E-state index in [-0.39, 0.29) is 12.5 Å². The van der Waals surface area contributed by atoms with Crippen LogP contribution in [0, 0.1) is 12.8 Å². The lowest BCUT2D eigenvalue weighted by Gasteiger charge is -2.23. The molecule has 0 aliphatic heterocycles. The molecule has 0 spiro atoms. The number of rotatable bonds is 7. The van der Waals surface area contributed by atoms with Crippen molar-refractivity contribution < 1.29 is 9.90 Å². The van der Waals surface area contributed by atoms with Crippen molar-refractivity contribution in [1.82, 2.24) is 10.3 Å². The minimum atomic E-state index is -0.744. The first-order valence-corrected chi connectivity index (χ1v) is 6.39. The van der Waals surface area contributed by atoms with Gasteiger partial charge in [0.15, 0.2) is 0 Å². The minimum Gasteiger partial charge on any atom is -0.481 e. The van der Waals surface area contributed by atoms with E-state index in [4.69, 9.17) is 5.11 Å². The molecule has 4 heteroatoms. The van der Waals surface area contributed by atoms with Crippen molar-refractivity contribution >= 4 is 5.97 Å². The van der Waals surface area contributed by atoms with E-state index in [1.807, 2.05) is 6.07 Å². The third kappa shape index (κ3) is 4.45. The zero-order valence-corrected chi connectivity index (χ0v) is 11.3. The van der Waals surface area contributed by atoms with Gasteiger partial charge in [0.05, 0.1) is 11.7 Å². The fourth-order valence-corrected chi connectivity index (χ4v) is 1.97. The first kappa shape index (κ1) is 14.6. The Balaban J connectivity index is 2.61. The predicted molar refractivity (Wildman–Crippen MR) is 71.4 cm³/mol. The van der Waals surface area contributed by atoms with Crippen LogP contribution in [0.2, 0.25) is 0 Å². The third-order valence-electron chi connectivity index (χ3n) is 2.94. The van der Waals surface area contributed by atoms with Crippen LogP contribution in [0.15, 0.2) is 18.3 Å². The predicted octanol–water partition coefficient (Wildman–Crippen LogP) is 2.54. The van der Waals surface area contributed by atoms with Crippen LogP contribution in [0.5, 0.6) is 0 Å². The van der Waals surface area contributed by atoms with Crippen molar-refractivity contribution in [1.29, 1.82) is 0 Å². The number of nitrogens with one attached hydrogen (secondary N) is 1. The molecule has 1 heterocycles. The molecule has 1 unspecified atom stereocenters. The number of hydrogen-bond acceptors (Lipinski definition) is 3. The Morgan fingerprint density at radius 3 is 2.78 bits per heavy atom. The van der Waals surface area contributed by atoms with E-state index in [9.17, 15) is 4.79 Å². The van der Waals surface area contributed by atoms with Crippen molar-refractivity contribution in [2.24, 2.45) is 5.92 Å². The molecule has 0 aliphatic rings. The number of carboxylic acid groups (broad SMARTS) is 1. The number of carboxylic acids is 1. The fourth-order valence-electron chi connectivity index (χ4n) is 1.97. The first-order chi connectivity index (χ1) is 8.52. The highest BCUT2D eigenvalue weighted by Gasteiger charge is 2.18. The number of aromatic nitrogens is 1. The molecule has 0 amide bonds. The molecule has 100 valence electrons. The molecule has 0 saturated carbocycles. The molecule has 18 heavy (non-hydrogen) atoms. The van der Waals surface area contributed by atoms with Crippen LogP contribution in [0.4, 0.5) is 0 Å². The molecule has 1 rings (SSSR count). The summed E-state index contributed by atoms with van der Waals surface area (Å²) in [5.41, 5.74) is 2.23. The van der Waals surface area contributed by atoms with Gasteiger partial charge in [-0.1, -0.05) is 19.9 Å². The maximum absolute atomic E-state index is 10.5. The SMILES string of the molecule is Cc1cccnc1C(NCCCC(=O)O)C(C)C. The maximum atomic E-state index is 10.5. The van der Waals surface area contributed by atoms with E-state index < -0.39 is 5.97 Å². The van der Waals surface area contributed by atoms with Crippen molar-refractivity contribution in [2.45, 2.75) is 39.7 Å². The lowest BCUT2D eigenvalue weighted by Crippen LogP contribution is -2.28. The van der Waals surface area contributed by atoms with Gasteiger partial charge in [-0.2, -0.15) is 0 Å². The minimum absolute atomic E-state index is 0.181. The highest BCUT2D eigenvalue weighted by atomic mass is 16.4. The Labute approximate surface area is 108 Å². The molecular weight excluding hydrogens is 228 g/mol. The third-order valence-corrected chi connectivity index (χ3v) is 2.94. The van der Waals surface area contributed by atoms with Crippen LogP contribution < -0.4 is 5.32 Å². The smallest absolute Gasteiger partial charge is 0.303 e. The van der Waals surface area contributed by atoms with E-state index in [0.717, 1.165) is 5.69 Å². The molecular formula is C14H22N2O2. The Morgan fingerprint density at radius 1 is 1.50 bits per heavy atom. The number of aliphatic carboxylic acids is 1. The van der Waals surface area contributed by atoms with Gasteiger partial charge in [0.2, 0.25) is 0 Å². The molecule has 0 aromatic carbocycles. The van der Waals surface area contributed by atoms with Gasteiger partial charge in [-0.3, -0.25) is 9.78 Å². The summed E-state index contributed by atoms with van der Waals surface area (Å²) >= 11 is 0. The van der Waals surface area contributed by atoms with Crippen LogP contribution in [-0.2, 0) is 4.79 Å². The summed E-state index contributed by atoms with van der Waals surface area (Å²) in [5.74, 6) is -0.324. The van der Waals surface area contributed by atoms with Gasteiger partial charge in [0.1, 0.15) is 0 Å². The van der Waals surface area contributed by atoms with Gasteiger partial charge in [-0.05, 0) is 37.4 Å². The van der Waals surface area contributed by atoms with Gasteiger partial charge in [0.25, 0.3) is 0 Å². The average molecular weight is 250 g/mol. The monoisotopic (exact) mass is 250 g/mol. The van der Waals surface area contributed by atoms with Gasteiger partial charge in [-0.15, -0.1) is 0 Å². The van der Waals surface area contributed by atoms with Gasteiger partial charge >= 0.3 is 5.97 Å². The first-order valence-electron chi connectivity index (χ1n) is 6.39. The van der Waals surface area contributed by atoms with E-state index in [1.165, 1.54) is 5.56 Å². The van der Waals surface area contributed by atoms with Crippen molar-refractivity contribution in [3.05, 3.63) is 29.6 Å². The summed E-state index contributed by atoms with van der Waals surface area (Å²) in [7, 11) is 0. The van der Waals surface area contributed by atoms with Crippen LogP contribution in [0.3, 0.4) is 0 Å². The quantitative estimate of drug-likeness (QED) is 0.730. The zero-order valence-electron chi connectivity index (χ0n) is 11.3. The molecule has 0 saturated heterocycles. The molecule has 0 bridgehead atoms. The molecule has 1 atom stereocenters. The summed E-state index contributed by atoms with van der Waals surface area (Å²) in [4.78, 5) is 14.9. The summed E-state index contributed by atoms with van der Waals surface area (Å²) in [6.07, 6.45) is 2.65. The van der Waals surface area contributed by atoms with Crippen molar-refractivity contribution in [2.75, 3.05) is 6.54 Å². The summed E-state index contributed by atoms with van der Waals surface area (Å²) < 4.78 is 0. The van der Waals surface area contributed by atoms with E-state index >= 15 is 0 Å². The Morgan fingerprint density at radius 2 is 2.22 bits per heavy atom. The van der Waals surface area contributed by atoms with Gasteiger partial charge < -0.3 is 10.4 Å². The number of hydrogen-bond donors (Lipinski definition) is 2. The number of pyridine rings is 1. The summed E-state index contributed by atoms with van der Waals surface area (Å²) in [6.45, 7) is 7.04. The van der Waals surface area contributed by atoms with Crippen LogP contribution in [0.1, 0.15) is 44.0 Å². The largest absolute Gasteiger partial charge is 0.481 e. The second-order valence-electron chi connectivity index (χ2n) is 4.88. The topological polar surface area (TPSA) is 62.2 Å². The molecule has 0 radical (unpaired) electrons. The molecule has 0 aliphatic carbocycles. The molecule has 0 fully saturated rings. The lowest BCUT2D eigenvalue weighted by atomic mass is 9.97. The highest BCUT2D eigenvalue weighted by molar-refractivity contribution is 5.66. The Bertz CT molecular complexity index is 391. The lowest BCUT2D eigenvalue weighted by molar-refractivity contribution is -0.137. The normalized spacial score (nSPS) is 12.7.